The van der Waals surface area contributed by atoms with Crippen LogP contribution in [0.5, 0.6) is 0 Å². The second kappa shape index (κ2) is 7.77. The zero-order valence-electron chi connectivity index (χ0n) is 12.5. The lowest BCUT2D eigenvalue weighted by atomic mass is 9.84. The summed E-state index contributed by atoms with van der Waals surface area (Å²) in [6.45, 7) is 0. The molecule has 0 bridgehead atoms. The number of carboxylic acids is 1. The minimum absolute atomic E-state index is 0.113. The van der Waals surface area contributed by atoms with Gasteiger partial charge in [0, 0.05) is 11.6 Å². The van der Waals surface area contributed by atoms with Crippen LogP contribution in [0.25, 0.3) is 0 Å². The molecule has 0 saturated carbocycles. The third-order valence-corrected chi connectivity index (χ3v) is 3.21. The highest BCUT2D eigenvalue weighted by Crippen LogP contribution is 2.33. The van der Waals surface area contributed by atoms with Crippen molar-refractivity contribution in [3.63, 3.8) is 0 Å². The monoisotopic (exact) mass is 348 g/mol. The summed E-state index contributed by atoms with van der Waals surface area (Å²) in [5.41, 5.74) is 7.42. The van der Waals surface area contributed by atoms with Crippen LogP contribution in [-0.2, 0) is 19.1 Å². The molecule has 1 aliphatic rings. The Hall–Kier alpha value is -2.62. The third-order valence-electron chi connectivity index (χ3n) is 3.21. The topological polar surface area (TPSA) is 119 Å². The molecular formula is C14H15F3N2O5. The number of anilines is 1. The number of rotatable bonds is 2. The summed E-state index contributed by atoms with van der Waals surface area (Å²) in [5, 5.41) is 9.84. The Morgan fingerprint density at radius 2 is 1.88 bits per heavy atom. The van der Waals surface area contributed by atoms with E-state index < -0.39 is 18.2 Å². The Kier molecular flexibility index (Phi) is 6.29. The van der Waals surface area contributed by atoms with E-state index in [1.807, 2.05) is 18.2 Å². The Morgan fingerprint density at radius 3 is 2.38 bits per heavy atom. The van der Waals surface area contributed by atoms with Gasteiger partial charge in [-0.2, -0.15) is 13.2 Å². The molecule has 2 atom stereocenters. The SMILES string of the molecule is COC(=O)CC1c2ccccc2NC(=O)C1N.O=C(O)C(F)(F)F. The third kappa shape index (κ3) is 4.95. The minimum atomic E-state index is -5.08. The highest BCUT2D eigenvalue weighted by molar-refractivity contribution is 5.99. The van der Waals surface area contributed by atoms with E-state index in [-0.39, 0.29) is 24.2 Å². The molecule has 0 radical (unpaired) electrons. The Bertz CT molecular complexity index is 633. The first-order valence-electron chi connectivity index (χ1n) is 6.60. The molecule has 1 aromatic carbocycles. The molecular weight excluding hydrogens is 333 g/mol. The first-order valence-corrected chi connectivity index (χ1v) is 6.60. The zero-order chi connectivity index (χ0) is 18.5. The van der Waals surface area contributed by atoms with Crippen LogP contribution < -0.4 is 11.1 Å². The van der Waals surface area contributed by atoms with Gasteiger partial charge < -0.3 is 20.9 Å². The molecule has 132 valence electrons. The number of benzene rings is 1. The van der Waals surface area contributed by atoms with Gasteiger partial charge in [0.15, 0.2) is 0 Å². The molecule has 2 rings (SSSR count). The molecule has 1 aliphatic heterocycles. The fourth-order valence-corrected chi connectivity index (χ4v) is 2.03. The number of aliphatic carboxylic acids is 1. The number of carbonyl (C=O) groups excluding carboxylic acids is 2. The summed E-state index contributed by atoms with van der Waals surface area (Å²) in [4.78, 5) is 31.9. The van der Waals surface area contributed by atoms with Gasteiger partial charge in [-0.15, -0.1) is 0 Å². The first-order chi connectivity index (χ1) is 11.1. The number of fused-ring (bicyclic) bond motifs is 1. The summed E-state index contributed by atoms with van der Waals surface area (Å²) in [6, 6.07) is 6.62. The fourth-order valence-electron chi connectivity index (χ4n) is 2.03. The maximum Gasteiger partial charge on any atom is 0.490 e. The molecule has 24 heavy (non-hydrogen) atoms. The molecule has 1 amide bonds. The van der Waals surface area contributed by atoms with Crippen molar-refractivity contribution in [2.75, 3.05) is 12.4 Å². The lowest BCUT2D eigenvalue weighted by Gasteiger charge is -2.29. The smallest absolute Gasteiger partial charge is 0.475 e. The minimum Gasteiger partial charge on any atom is -0.475 e. The molecule has 10 heteroatoms. The van der Waals surface area contributed by atoms with Crippen molar-refractivity contribution in [2.45, 2.75) is 24.6 Å². The van der Waals surface area contributed by atoms with Crippen molar-refractivity contribution in [2.24, 2.45) is 5.73 Å². The van der Waals surface area contributed by atoms with Gasteiger partial charge in [-0.1, -0.05) is 18.2 Å². The van der Waals surface area contributed by atoms with Crippen LogP contribution in [0.15, 0.2) is 24.3 Å². The number of amides is 1. The lowest BCUT2D eigenvalue weighted by Crippen LogP contribution is -2.45. The predicted octanol–water partition coefficient (Wildman–Crippen LogP) is 1.25. The van der Waals surface area contributed by atoms with Crippen molar-refractivity contribution >= 4 is 23.5 Å². The molecule has 0 aliphatic carbocycles. The number of nitrogens with two attached hydrogens (primary N) is 1. The van der Waals surface area contributed by atoms with Crippen molar-refractivity contribution in [3.05, 3.63) is 29.8 Å². The number of hydrogen-bond donors (Lipinski definition) is 3. The largest absolute Gasteiger partial charge is 0.490 e. The predicted molar refractivity (Wildman–Crippen MR) is 76.1 cm³/mol. The number of hydrogen-bond acceptors (Lipinski definition) is 5. The molecule has 0 spiro atoms. The van der Waals surface area contributed by atoms with Crippen molar-refractivity contribution in [1.82, 2.24) is 0 Å². The van der Waals surface area contributed by atoms with Gasteiger partial charge in [-0.05, 0) is 11.6 Å². The number of carboxylic acid groups (broad SMARTS) is 1. The molecule has 0 fully saturated rings. The average molecular weight is 348 g/mol. The molecule has 0 aromatic heterocycles. The van der Waals surface area contributed by atoms with Crippen LogP contribution in [0.3, 0.4) is 0 Å². The number of carbonyl (C=O) groups is 3. The van der Waals surface area contributed by atoms with E-state index >= 15 is 0 Å². The van der Waals surface area contributed by atoms with Crippen molar-refractivity contribution in [1.29, 1.82) is 0 Å². The van der Waals surface area contributed by atoms with Crippen molar-refractivity contribution in [3.8, 4) is 0 Å². The van der Waals surface area contributed by atoms with Gasteiger partial charge in [0.2, 0.25) is 5.91 Å². The van der Waals surface area contributed by atoms with E-state index in [0.29, 0.717) is 5.69 Å². The maximum absolute atomic E-state index is 11.6. The Morgan fingerprint density at radius 1 is 1.33 bits per heavy atom. The molecule has 1 heterocycles. The highest BCUT2D eigenvalue weighted by Gasteiger charge is 2.38. The van der Waals surface area contributed by atoms with Gasteiger partial charge in [-0.25, -0.2) is 4.79 Å². The van der Waals surface area contributed by atoms with Gasteiger partial charge in [0.25, 0.3) is 0 Å². The number of alkyl halides is 3. The van der Waals surface area contributed by atoms with E-state index in [9.17, 15) is 22.8 Å². The number of ether oxygens (including phenoxy) is 1. The van der Waals surface area contributed by atoms with Crippen LogP contribution in [-0.4, -0.2) is 42.3 Å². The zero-order valence-corrected chi connectivity index (χ0v) is 12.5. The second-order valence-corrected chi connectivity index (χ2v) is 4.79. The molecule has 1 aromatic rings. The van der Waals surface area contributed by atoms with Crippen LogP contribution in [0.1, 0.15) is 17.9 Å². The summed E-state index contributed by atoms with van der Waals surface area (Å²) in [6.07, 6.45) is -4.97. The molecule has 4 N–H and O–H groups in total. The lowest BCUT2D eigenvalue weighted by molar-refractivity contribution is -0.192. The van der Waals surface area contributed by atoms with E-state index in [1.54, 1.807) is 6.07 Å². The second-order valence-electron chi connectivity index (χ2n) is 4.79. The Balaban J connectivity index is 0.000000351. The molecule has 2 unspecified atom stereocenters. The normalized spacial score (nSPS) is 19.3. The summed E-state index contributed by atoms with van der Waals surface area (Å²) < 4.78 is 36.4. The number of nitrogens with one attached hydrogen (secondary N) is 1. The number of esters is 1. The van der Waals surface area contributed by atoms with E-state index in [0.717, 1.165) is 5.56 Å². The summed E-state index contributed by atoms with van der Waals surface area (Å²) in [5.74, 6) is -3.72. The quantitative estimate of drug-likeness (QED) is 0.692. The maximum atomic E-state index is 11.6. The summed E-state index contributed by atoms with van der Waals surface area (Å²) >= 11 is 0. The number of halogens is 3. The van der Waals surface area contributed by atoms with Gasteiger partial charge in [0.05, 0.1) is 19.6 Å². The van der Waals surface area contributed by atoms with E-state index in [4.69, 9.17) is 15.6 Å². The molecule has 0 saturated heterocycles. The molecule has 7 nitrogen and oxygen atoms in total. The van der Waals surface area contributed by atoms with Crippen LogP contribution in [0.4, 0.5) is 18.9 Å². The van der Waals surface area contributed by atoms with E-state index in [1.165, 1.54) is 7.11 Å². The standard InChI is InChI=1S/C12H14N2O3.C2HF3O2/c1-17-10(15)6-8-7-4-2-3-5-9(7)14-12(16)11(8)13;3-2(4,5)1(6)7/h2-5,8,11H,6,13H2,1H3,(H,14,16);(H,6,7). The highest BCUT2D eigenvalue weighted by atomic mass is 19.4. The van der Waals surface area contributed by atoms with E-state index in [2.05, 4.69) is 10.1 Å². The number of para-hydroxylation sites is 1. The van der Waals surface area contributed by atoms with Crippen LogP contribution >= 0.6 is 0 Å². The Labute approximate surface area is 134 Å². The average Bonchev–Trinajstić information content (AvgIpc) is 2.51. The van der Waals surface area contributed by atoms with Crippen molar-refractivity contribution < 1.29 is 37.4 Å². The fraction of sp³-hybridized carbons (Fsp3) is 0.357. The van der Waals surface area contributed by atoms with Gasteiger partial charge >= 0.3 is 18.1 Å². The van der Waals surface area contributed by atoms with Crippen LogP contribution in [0, 0.1) is 0 Å². The van der Waals surface area contributed by atoms with Crippen LogP contribution in [0.2, 0.25) is 0 Å². The van der Waals surface area contributed by atoms with Gasteiger partial charge in [0.1, 0.15) is 0 Å². The van der Waals surface area contributed by atoms with Gasteiger partial charge in [-0.3, -0.25) is 9.59 Å². The first kappa shape index (κ1) is 19.4. The number of methoxy groups -OCH3 is 1. The summed E-state index contributed by atoms with van der Waals surface area (Å²) in [7, 11) is 1.32.